The van der Waals surface area contributed by atoms with E-state index in [1.807, 2.05) is 0 Å². The Morgan fingerprint density at radius 2 is 0.553 bits per heavy atom. The molecule has 12 nitrogen and oxygen atoms in total. The van der Waals surface area contributed by atoms with Crippen LogP contribution < -0.4 is 154 Å². The van der Waals surface area contributed by atoms with Gasteiger partial charge in [0.15, 0.2) is 0 Å². The van der Waals surface area contributed by atoms with Gasteiger partial charge in [0.25, 0.3) is 0 Å². The molecule has 0 saturated heterocycles. The monoisotopic (exact) mass is 694 g/mol. The first-order valence-corrected chi connectivity index (χ1v) is 12.7. The third-order valence-electron chi connectivity index (χ3n) is 0.250. The van der Waals surface area contributed by atoms with Crippen molar-refractivity contribution >= 4 is 82.3 Å². The molecule has 0 aliphatic heterocycles. The van der Waals surface area contributed by atoms with Gasteiger partial charge in [-0.1, -0.05) is 0 Å². The number of rotatable bonds is 3. The maximum Gasteiger partial charge on any atom is 1.00 e. The maximum absolute atomic E-state index is 9.11. The summed E-state index contributed by atoms with van der Waals surface area (Å²) in [5, 5.41) is 0. The largest absolute Gasteiger partial charge is 1.00 e. The molecule has 6 amide bonds. The van der Waals surface area contributed by atoms with Crippen LogP contribution in [0.2, 0.25) is 0 Å². The molecule has 0 aromatic heterocycles. The third kappa shape index (κ3) is 1510. The number of amides is 6. The minimum atomic E-state index is -0.583. The SMILES string of the molecule is CC([NH-])=O.CC([NH-])=O.CC([NH-])=O.CC([NH-])=O.CC([NH-])=O.CC([NH-])=O.CS.[CH2-]CS.[CH2-]CSSC[CH2-].[K+].[K+].[K+]. The Labute approximate surface area is 377 Å². The smallest absolute Gasteiger partial charge is 0.668 e. The maximum atomic E-state index is 9.11. The fourth-order valence-electron chi connectivity index (χ4n) is 0.118. The van der Waals surface area contributed by atoms with Crippen molar-refractivity contribution in [1.82, 2.24) is 0 Å². The van der Waals surface area contributed by atoms with Crippen LogP contribution in [0, 0.1) is 20.8 Å². The zero-order valence-electron chi connectivity index (χ0n) is 24.4. The first kappa shape index (κ1) is 78.1. The van der Waals surface area contributed by atoms with Crippen molar-refractivity contribution in [2.45, 2.75) is 41.5 Å². The molecule has 0 spiro atoms. The minimum absolute atomic E-state index is 0. The number of carbonyl (C=O) groups is 6. The zero-order chi connectivity index (χ0) is 31.0. The van der Waals surface area contributed by atoms with E-state index >= 15 is 0 Å². The fraction of sp³-hybridized carbons (Fsp3) is 0.526. The Hall–Kier alpha value is 3.13. The van der Waals surface area contributed by atoms with Gasteiger partial charge in [-0.25, -0.2) is 12.6 Å². The molecule has 38 heavy (non-hydrogen) atoms. The summed E-state index contributed by atoms with van der Waals surface area (Å²) in [7, 11) is 3.50. The van der Waals surface area contributed by atoms with Crippen molar-refractivity contribution < 1.29 is 183 Å². The van der Waals surface area contributed by atoms with Crippen LogP contribution in [0.1, 0.15) is 41.5 Å². The van der Waals surface area contributed by atoms with E-state index in [0.29, 0.717) is 5.75 Å². The average Bonchev–Trinajstić information content (AvgIpc) is 2.59. The molecule has 0 radical (unpaired) electrons. The summed E-state index contributed by atoms with van der Waals surface area (Å²) in [5.41, 5.74) is 35.7. The van der Waals surface area contributed by atoms with Crippen LogP contribution in [0.15, 0.2) is 0 Å². The van der Waals surface area contributed by atoms with Crippen LogP contribution in [0.25, 0.3) is 34.4 Å². The molecule has 0 bridgehead atoms. The molecule has 19 heteroatoms. The first-order valence-electron chi connectivity index (χ1n) is 8.73. The van der Waals surface area contributed by atoms with Gasteiger partial charge < -0.3 is 83.9 Å². The Morgan fingerprint density at radius 3 is 0.579 bits per heavy atom. The van der Waals surface area contributed by atoms with Crippen LogP contribution in [-0.4, -0.2) is 59.0 Å². The van der Waals surface area contributed by atoms with Crippen LogP contribution >= 0.6 is 46.8 Å². The molecule has 0 saturated carbocycles. The Bertz CT molecular complexity index is 369. The number of hydrogen-bond donors (Lipinski definition) is 2. The van der Waals surface area contributed by atoms with Gasteiger partial charge in [-0.05, 0) is 47.8 Å². The topological polar surface area (TPSA) is 245 Å². The summed E-state index contributed by atoms with van der Waals surface area (Å²) in [6.45, 7) is 17.8. The summed E-state index contributed by atoms with van der Waals surface area (Å²) in [4.78, 5) is 54.7. The van der Waals surface area contributed by atoms with E-state index in [1.54, 1.807) is 27.8 Å². The zero-order valence-corrected chi connectivity index (χ0v) is 37.2. The molecular formula is C19H41K3N6O6S4-6. The first-order chi connectivity index (χ1) is 15.7. The Balaban J connectivity index is -0.0000000200. The molecule has 0 atom stereocenters. The third-order valence-corrected chi connectivity index (χ3v) is 2.25. The second-order valence-corrected chi connectivity index (χ2v) is 7.35. The van der Waals surface area contributed by atoms with Gasteiger partial charge in [0, 0.05) is 35.4 Å². The van der Waals surface area contributed by atoms with Gasteiger partial charge >= 0.3 is 154 Å². The summed E-state index contributed by atoms with van der Waals surface area (Å²) in [6, 6.07) is 0. The van der Waals surface area contributed by atoms with Crippen LogP contribution in [0.3, 0.4) is 0 Å². The molecule has 0 rings (SSSR count). The summed E-state index contributed by atoms with van der Waals surface area (Å²) in [5.74, 6) is -0.916. The molecule has 0 fully saturated rings. The normalized spacial score (nSPS) is 6.00. The standard InChI is InChI=1S/C4H8S2.6C2H5NO.C2H5S.CH4S.3K/c1-3-5-6-4-2;6*1-2(3)4;1-2-3;1-2;;;/h1-4H2;6*1H3,(H2,3,4);3H,1-2H2;2H,1H3;;;/q-2;;;;;;;-1;;3*+1/p-6. The molecule has 0 aromatic rings. The number of hydrogen-bond acceptors (Lipinski definition) is 10. The molecule has 0 heterocycles. The summed E-state index contributed by atoms with van der Waals surface area (Å²) >= 11 is 7.21. The van der Waals surface area contributed by atoms with Crippen LogP contribution in [0.4, 0.5) is 0 Å². The second-order valence-electron chi connectivity index (χ2n) is 4.20. The van der Waals surface area contributed by atoms with Crippen LogP contribution in [0.5, 0.6) is 0 Å². The predicted octanol–water partition coefficient (Wildman–Crippen LogP) is -2.15. The van der Waals surface area contributed by atoms with Gasteiger partial charge in [-0.2, -0.15) is 12.6 Å². The molecular weight excluding hydrogens is 654 g/mol. The van der Waals surface area contributed by atoms with E-state index in [9.17, 15) is 0 Å². The molecule has 216 valence electrons. The van der Waals surface area contributed by atoms with Gasteiger partial charge in [0.05, 0.1) is 0 Å². The van der Waals surface area contributed by atoms with Crippen molar-refractivity contribution in [2.24, 2.45) is 0 Å². The quantitative estimate of drug-likeness (QED) is 0.108. The van der Waals surface area contributed by atoms with E-state index < -0.39 is 35.4 Å². The molecule has 6 N–H and O–H groups in total. The van der Waals surface area contributed by atoms with Gasteiger partial charge in [0.1, 0.15) is 0 Å². The molecule has 0 aromatic carbocycles. The number of nitrogens with one attached hydrogen (secondary N) is 6. The van der Waals surface area contributed by atoms with Gasteiger partial charge in [-0.3, -0.25) is 0 Å². The predicted molar refractivity (Wildman–Crippen MR) is 160 cm³/mol. The van der Waals surface area contributed by atoms with E-state index in [0.717, 1.165) is 11.5 Å². The molecule has 0 aliphatic rings. The second kappa shape index (κ2) is 90.0. The van der Waals surface area contributed by atoms with E-state index in [2.05, 4.69) is 46.0 Å². The van der Waals surface area contributed by atoms with Crippen molar-refractivity contribution in [3.63, 3.8) is 0 Å². The Morgan fingerprint density at radius 1 is 0.500 bits per heavy atom. The van der Waals surface area contributed by atoms with Gasteiger partial charge in [-0.15, -0.1) is 38.8 Å². The number of thiol groups is 2. The summed E-state index contributed by atoms with van der Waals surface area (Å²) in [6.07, 6.45) is 1.69. The Kier molecular flexibility index (Phi) is 185. The van der Waals surface area contributed by atoms with E-state index in [4.69, 9.17) is 63.2 Å². The van der Waals surface area contributed by atoms with Crippen molar-refractivity contribution in [2.75, 3.05) is 23.5 Å². The summed E-state index contributed by atoms with van der Waals surface area (Å²) < 4.78 is 0. The van der Waals surface area contributed by atoms with Crippen molar-refractivity contribution in [3.05, 3.63) is 55.2 Å². The van der Waals surface area contributed by atoms with E-state index in [1.165, 1.54) is 41.5 Å². The van der Waals surface area contributed by atoms with Gasteiger partial charge in [0.2, 0.25) is 0 Å². The molecule has 0 unspecified atom stereocenters. The van der Waals surface area contributed by atoms with Crippen molar-refractivity contribution in [3.8, 4) is 0 Å². The molecule has 0 aliphatic carbocycles. The number of carbonyl (C=O) groups excluding carboxylic acids is 6. The van der Waals surface area contributed by atoms with Crippen LogP contribution in [-0.2, 0) is 28.8 Å². The average molecular weight is 695 g/mol. The minimum Gasteiger partial charge on any atom is -0.668 e. The fourth-order valence-corrected chi connectivity index (χ4v) is 1.06. The van der Waals surface area contributed by atoms with E-state index in [-0.39, 0.29) is 154 Å². The van der Waals surface area contributed by atoms with Crippen molar-refractivity contribution in [1.29, 1.82) is 0 Å².